The molecule has 0 saturated carbocycles. The number of guanidine groups is 1. The second-order valence-corrected chi connectivity index (χ2v) is 6.90. The van der Waals surface area contributed by atoms with Gasteiger partial charge in [-0.05, 0) is 58.2 Å². The van der Waals surface area contributed by atoms with E-state index in [-0.39, 0.29) is 0 Å². The zero-order chi connectivity index (χ0) is 16.7. The minimum atomic E-state index is 0.728. The Hall–Kier alpha value is -1.55. The molecule has 4 nitrogen and oxygen atoms in total. The molecule has 1 heterocycles. The van der Waals surface area contributed by atoms with E-state index in [2.05, 4.69) is 59.6 Å². The Morgan fingerprint density at radius 2 is 1.96 bits per heavy atom. The molecule has 1 unspecified atom stereocenters. The van der Waals surface area contributed by atoms with Crippen molar-refractivity contribution in [3.05, 3.63) is 34.9 Å². The first kappa shape index (κ1) is 17.8. The van der Waals surface area contributed by atoms with Crippen LogP contribution < -0.4 is 10.6 Å². The fourth-order valence-corrected chi connectivity index (χ4v) is 3.44. The third kappa shape index (κ3) is 6.22. The van der Waals surface area contributed by atoms with Crippen molar-refractivity contribution in [2.45, 2.75) is 33.1 Å². The predicted molar refractivity (Wildman–Crippen MR) is 99.2 cm³/mol. The van der Waals surface area contributed by atoms with Crippen LogP contribution in [0.15, 0.2) is 23.2 Å². The third-order valence-electron chi connectivity index (χ3n) is 4.49. The maximum absolute atomic E-state index is 4.34. The highest BCUT2D eigenvalue weighted by Crippen LogP contribution is 2.13. The van der Waals surface area contributed by atoms with E-state index in [1.165, 1.54) is 42.6 Å². The molecular formula is C19H32N4. The molecule has 0 bridgehead atoms. The van der Waals surface area contributed by atoms with Crippen molar-refractivity contribution < 1.29 is 0 Å². The van der Waals surface area contributed by atoms with Crippen LogP contribution >= 0.6 is 0 Å². The fourth-order valence-electron chi connectivity index (χ4n) is 3.44. The molecule has 0 spiro atoms. The van der Waals surface area contributed by atoms with Crippen molar-refractivity contribution in [3.8, 4) is 0 Å². The molecule has 128 valence electrons. The minimum absolute atomic E-state index is 0.728. The van der Waals surface area contributed by atoms with E-state index in [0.717, 1.165) is 31.4 Å². The van der Waals surface area contributed by atoms with Gasteiger partial charge in [0.15, 0.2) is 5.96 Å². The van der Waals surface area contributed by atoms with Crippen LogP contribution in [-0.2, 0) is 6.42 Å². The lowest BCUT2D eigenvalue weighted by Gasteiger charge is -2.30. The standard InChI is InChI=1S/C19H32N4/c1-15-10-16(2)12-17(11-15)7-8-21-19(20-3)22-13-18-6-5-9-23(4)14-18/h10-12,18H,5-9,13-14H2,1-4H3,(H2,20,21,22). The molecule has 1 aliphatic rings. The molecule has 1 aromatic rings. The topological polar surface area (TPSA) is 39.7 Å². The molecule has 1 atom stereocenters. The lowest BCUT2D eigenvalue weighted by Crippen LogP contribution is -2.44. The maximum atomic E-state index is 4.34. The Balaban J connectivity index is 1.72. The normalized spacial score (nSPS) is 19.7. The van der Waals surface area contributed by atoms with Gasteiger partial charge in [0.25, 0.3) is 0 Å². The summed E-state index contributed by atoms with van der Waals surface area (Å²) >= 11 is 0. The van der Waals surface area contributed by atoms with Gasteiger partial charge in [-0.25, -0.2) is 0 Å². The summed E-state index contributed by atoms with van der Waals surface area (Å²) in [5.74, 6) is 1.65. The Morgan fingerprint density at radius 1 is 1.22 bits per heavy atom. The summed E-state index contributed by atoms with van der Waals surface area (Å²) in [5, 5.41) is 6.91. The minimum Gasteiger partial charge on any atom is -0.356 e. The fraction of sp³-hybridized carbons (Fsp3) is 0.632. The van der Waals surface area contributed by atoms with Crippen LogP contribution in [0.2, 0.25) is 0 Å². The van der Waals surface area contributed by atoms with Gasteiger partial charge in [0.1, 0.15) is 0 Å². The van der Waals surface area contributed by atoms with Crippen LogP contribution in [0.1, 0.15) is 29.5 Å². The molecule has 4 heteroatoms. The van der Waals surface area contributed by atoms with Gasteiger partial charge in [0.05, 0.1) is 0 Å². The molecular weight excluding hydrogens is 284 g/mol. The summed E-state index contributed by atoms with van der Waals surface area (Å²) in [4.78, 5) is 6.76. The maximum Gasteiger partial charge on any atom is 0.190 e. The van der Waals surface area contributed by atoms with Crippen LogP contribution in [0, 0.1) is 19.8 Å². The lowest BCUT2D eigenvalue weighted by molar-refractivity contribution is 0.210. The van der Waals surface area contributed by atoms with Gasteiger partial charge in [0, 0.05) is 26.7 Å². The number of hydrogen-bond donors (Lipinski definition) is 2. The molecule has 0 aromatic heterocycles. The van der Waals surface area contributed by atoms with Crippen LogP contribution in [0.5, 0.6) is 0 Å². The van der Waals surface area contributed by atoms with Crippen molar-refractivity contribution in [2.75, 3.05) is 40.3 Å². The number of rotatable bonds is 5. The third-order valence-corrected chi connectivity index (χ3v) is 4.49. The van der Waals surface area contributed by atoms with E-state index < -0.39 is 0 Å². The highest BCUT2D eigenvalue weighted by Gasteiger charge is 2.17. The zero-order valence-corrected chi connectivity index (χ0v) is 15.2. The molecule has 1 fully saturated rings. The highest BCUT2D eigenvalue weighted by molar-refractivity contribution is 5.79. The number of aryl methyl sites for hydroxylation is 2. The predicted octanol–water partition coefficient (Wildman–Crippen LogP) is 2.35. The molecule has 23 heavy (non-hydrogen) atoms. The largest absolute Gasteiger partial charge is 0.356 e. The molecule has 2 N–H and O–H groups in total. The van der Waals surface area contributed by atoms with E-state index in [4.69, 9.17) is 0 Å². The smallest absolute Gasteiger partial charge is 0.190 e. The molecule has 0 aliphatic carbocycles. The number of nitrogens with one attached hydrogen (secondary N) is 2. The monoisotopic (exact) mass is 316 g/mol. The van der Waals surface area contributed by atoms with E-state index >= 15 is 0 Å². The zero-order valence-electron chi connectivity index (χ0n) is 15.2. The number of nitrogens with zero attached hydrogens (tertiary/aromatic N) is 2. The Labute approximate surface area is 141 Å². The summed E-state index contributed by atoms with van der Waals surface area (Å²) in [6.07, 6.45) is 3.65. The van der Waals surface area contributed by atoms with Crippen molar-refractivity contribution in [3.63, 3.8) is 0 Å². The average molecular weight is 316 g/mol. The average Bonchev–Trinajstić information content (AvgIpc) is 2.50. The van der Waals surface area contributed by atoms with Crippen LogP contribution in [-0.4, -0.2) is 51.1 Å². The van der Waals surface area contributed by atoms with Gasteiger partial charge < -0.3 is 15.5 Å². The van der Waals surface area contributed by atoms with E-state index in [0.29, 0.717) is 0 Å². The number of hydrogen-bond acceptors (Lipinski definition) is 2. The number of benzene rings is 1. The van der Waals surface area contributed by atoms with Crippen molar-refractivity contribution in [1.29, 1.82) is 0 Å². The van der Waals surface area contributed by atoms with Crippen molar-refractivity contribution in [1.82, 2.24) is 15.5 Å². The van der Waals surface area contributed by atoms with Crippen LogP contribution in [0.3, 0.4) is 0 Å². The van der Waals surface area contributed by atoms with Crippen molar-refractivity contribution in [2.24, 2.45) is 10.9 Å². The summed E-state index contributed by atoms with van der Waals surface area (Å²) < 4.78 is 0. The number of aliphatic imine (C=N–C) groups is 1. The van der Waals surface area contributed by atoms with Gasteiger partial charge in [-0.3, -0.25) is 4.99 Å². The van der Waals surface area contributed by atoms with Gasteiger partial charge in [0.2, 0.25) is 0 Å². The first-order chi connectivity index (χ1) is 11.1. The quantitative estimate of drug-likeness (QED) is 0.647. The Kier molecular flexibility index (Phi) is 6.90. The van der Waals surface area contributed by atoms with E-state index in [1.807, 2.05) is 7.05 Å². The highest BCUT2D eigenvalue weighted by atomic mass is 15.2. The first-order valence-corrected chi connectivity index (χ1v) is 8.77. The summed E-state index contributed by atoms with van der Waals surface area (Å²) in [7, 11) is 4.06. The number of likely N-dealkylation sites (tertiary alicyclic amines) is 1. The molecule has 2 rings (SSSR count). The molecule has 0 radical (unpaired) electrons. The Bertz CT molecular complexity index is 504. The second-order valence-electron chi connectivity index (χ2n) is 6.90. The van der Waals surface area contributed by atoms with Gasteiger partial charge in [-0.2, -0.15) is 0 Å². The summed E-state index contributed by atoms with van der Waals surface area (Å²) in [6.45, 7) is 8.66. The van der Waals surface area contributed by atoms with Crippen molar-refractivity contribution >= 4 is 5.96 Å². The van der Waals surface area contributed by atoms with Crippen LogP contribution in [0.4, 0.5) is 0 Å². The molecule has 0 amide bonds. The SMILES string of the molecule is CN=C(NCCc1cc(C)cc(C)c1)NCC1CCCN(C)C1. The van der Waals surface area contributed by atoms with Crippen LogP contribution in [0.25, 0.3) is 0 Å². The molecule has 1 aromatic carbocycles. The van der Waals surface area contributed by atoms with Gasteiger partial charge in [-0.1, -0.05) is 29.3 Å². The summed E-state index contributed by atoms with van der Waals surface area (Å²) in [5.41, 5.74) is 4.06. The Morgan fingerprint density at radius 3 is 2.61 bits per heavy atom. The summed E-state index contributed by atoms with van der Waals surface area (Å²) in [6, 6.07) is 6.75. The molecule has 1 saturated heterocycles. The van der Waals surface area contributed by atoms with E-state index in [1.54, 1.807) is 0 Å². The van der Waals surface area contributed by atoms with E-state index in [9.17, 15) is 0 Å². The van der Waals surface area contributed by atoms with Gasteiger partial charge in [-0.15, -0.1) is 0 Å². The first-order valence-electron chi connectivity index (χ1n) is 8.77. The lowest BCUT2D eigenvalue weighted by atomic mass is 9.99. The second kappa shape index (κ2) is 8.92. The molecule has 1 aliphatic heterocycles. The van der Waals surface area contributed by atoms with Gasteiger partial charge >= 0.3 is 0 Å². The number of piperidine rings is 1.